The molecule has 0 bridgehead atoms. The van der Waals surface area contributed by atoms with E-state index in [4.69, 9.17) is 0 Å². The van der Waals surface area contributed by atoms with Gasteiger partial charge in [0.2, 0.25) is 5.91 Å². The lowest BCUT2D eigenvalue weighted by atomic mass is 9.95. The minimum absolute atomic E-state index is 0.101. The van der Waals surface area contributed by atoms with Crippen LogP contribution in [0, 0.1) is 0 Å². The summed E-state index contributed by atoms with van der Waals surface area (Å²) in [6.45, 7) is 1.61. The molecule has 2 aromatic heterocycles. The van der Waals surface area contributed by atoms with Crippen molar-refractivity contribution in [2.24, 2.45) is 7.05 Å². The highest BCUT2D eigenvalue weighted by molar-refractivity contribution is 7.10. The van der Waals surface area contributed by atoms with Crippen molar-refractivity contribution in [3.05, 3.63) is 46.4 Å². The van der Waals surface area contributed by atoms with Crippen LogP contribution >= 0.6 is 11.3 Å². The number of likely N-dealkylation sites (tertiary alicyclic amines) is 1. The predicted octanol–water partition coefficient (Wildman–Crippen LogP) is 2.90. The average Bonchev–Trinajstić information content (AvgIpc) is 3.16. The van der Waals surface area contributed by atoms with Crippen molar-refractivity contribution >= 4 is 23.3 Å². The molecule has 0 aromatic carbocycles. The third-order valence-electron chi connectivity index (χ3n) is 3.82. The zero-order valence-electron chi connectivity index (χ0n) is 12.1. The molecule has 4 nitrogen and oxygen atoms in total. The number of amides is 1. The molecule has 1 aliphatic rings. The fraction of sp³-hybridized carbons (Fsp3) is 0.375. The molecule has 5 heteroatoms. The first-order valence-corrected chi connectivity index (χ1v) is 8.10. The zero-order valence-corrected chi connectivity index (χ0v) is 12.9. The van der Waals surface area contributed by atoms with Gasteiger partial charge in [-0.2, -0.15) is 5.10 Å². The Hall–Kier alpha value is -1.88. The van der Waals surface area contributed by atoms with E-state index in [1.54, 1.807) is 17.4 Å². The van der Waals surface area contributed by atoms with Crippen LogP contribution in [0.5, 0.6) is 0 Å². The van der Waals surface area contributed by atoms with E-state index in [9.17, 15) is 4.79 Å². The molecule has 1 aliphatic heterocycles. The second kappa shape index (κ2) is 6.26. The minimum atomic E-state index is 0.101. The summed E-state index contributed by atoms with van der Waals surface area (Å²) in [5, 5.41) is 6.49. The van der Waals surface area contributed by atoms with E-state index in [0.717, 1.165) is 36.5 Å². The van der Waals surface area contributed by atoms with Gasteiger partial charge < -0.3 is 4.90 Å². The molecule has 0 spiro atoms. The standard InChI is InChI=1S/C16H19N3OS/c1-18-10-8-15(17-18)13-4-2-9-19(12-13)16(20)7-6-14-5-3-11-21-14/h3,5-8,10-11,13H,2,4,9,12H2,1H3/b7-6+. The molecular formula is C16H19N3OS. The fourth-order valence-electron chi connectivity index (χ4n) is 2.71. The monoisotopic (exact) mass is 301 g/mol. The molecule has 2 aromatic rings. The van der Waals surface area contributed by atoms with Crippen molar-refractivity contribution in [2.45, 2.75) is 18.8 Å². The SMILES string of the molecule is Cn1ccc(C2CCCN(C(=O)/C=C/c3cccs3)C2)n1. The third-order valence-corrected chi connectivity index (χ3v) is 4.66. The van der Waals surface area contributed by atoms with Crippen molar-refractivity contribution in [3.8, 4) is 0 Å². The number of aromatic nitrogens is 2. The summed E-state index contributed by atoms with van der Waals surface area (Å²) in [6, 6.07) is 6.06. The molecule has 0 N–H and O–H groups in total. The summed E-state index contributed by atoms with van der Waals surface area (Å²) in [4.78, 5) is 15.3. The van der Waals surface area contributed by atoms with Crippen molar-refractivity contribution in [2.75, 3.05) is 13.1 Å². The number of rotatable bonds is 3. The molecule has 3 heterocycles. The molecule has 1 amide bonds. The lowest BCUT2D eigenvalue weighted by Crippen LogP contribution is -2.38. The van der Waals surface area contributed by atoms with E-state index in [0.29, 0.717) is 5.92 Å². The number of piperidine rings is 1. The highest BCUT2D eigenvalue weighted by Crippen LogP contribution is 2.25. The number of thiophene rings is 1. The van der Waals surface area contributed by atoms with Gasteiger partial charge >= 0.3 is 0 Å². The van der Waals surface area contributed by atoms with Gasteiger partial charge in [0, 0.05) is 43.2 Å². The number of hydrogen-bond donors (Lipinski definition) is 0. The molecule has 0 saturated carbocycles. The van der Waals surface area contributed by atoms with E-state index in [1.807, 2.05) is 46.4 Å². The second-order valence-corrected chi connectivity index (χ2v) is 6.37. The van der Waals surface area contributed by atoms with Crippen LogP contribution in [0.1, 0.15) is 29.3 Å². The predicted molar refractivity (Wildman–Crippen MR) is 85.1 cm³/mol. The Morgan fingerprint density at radius 3 is 3.10 bits per heavy atom. The average molecular weight is 301 g/mol. The van der Waals surface area contributed by atoms with Crippen molar-refractivity contribution in [1.29, 1.82) is 0 Å². The Labute approximate surface area is 128 Å². The molecule has 21 heavy (non-hydrogen) atoms. The Morgan fingerprint density at radius 1 is 1.48 bits per heavy atom. The largest absolute Gasteiger partial charge is 0.338 e. The first-order valence-electron chi connectivity index (χ1n) is 7.22. The molecule has 1 atom stereocenters. The minimum Gasteiger partial charge on any atom is -0.338 e. The van der Waals surface area contributed by atoms with Crippen LogP contribution < -0.4 is 0 Å². The quantitative estimate of drug-likeness (QED) is 0.818. The Morgan fingerprint density at radius 2 is 2.38 bits per heavy atom. The molecule has 3 rings (SSSR count). The summed E-state index contributed by atoms with van der Waals surface area (Å²) in [5.74, 6) is 0.461. The van der Waals surface area contributed by atoms with Crippen LogP contribution in [-0.4, -0.2) is 33.7 Å². The van der Waals surface area contributed by atoms with Gasteiger partial charge in [0.15, 0.2) is 0 Å². The van der Waals surface area contributed by atoms with Gasteiger partial charge in [-0.1, -0.05) is 6.07 Å². The third kappa shape index (κ3) is 3.42. The van der Waals surface area contributed by atoms with Gasteiger partial charge in [-0.25, -0.2) is 0 Å². The molecular weight excluding hydrogens is 282 g/mol. The van der Waals surface area contributed by atoms with Gasteiger partial charge in [-0.3, -0.25) is 9.48 Å². The maximum Gasteiger partial charge on any atom is 0.246 e. The van der Waals surface area contributed by atoms with Crippen LogP contribution in [0.3, 0.4) is 0 Å². The number of hydrogen-bond acceptors (Lipinski definition) is 3. The Balaban J connectivity index is 1.64. The van der Waals surface area contributed by atoms with Crippen molar-refractivity contribution in [3.63, 3.8) is 0 Å². The molecule has 0 radical (unpaired) electrons. The smallest absolute Gasteiger partial charge is 0.246 e. The van der Waals surface area contributed by atoms with Crippen LogP contribution in [0.2, 0.25) is 0 Å². The first kappa shape index (κ1) is 14.1. The van der Waals surface area contributed by atoms with Gasteiger partial charge in [0.25, 0.3) is 0 Å². The summed E-state index contributed by atoms with van der Waals surface area (Å²) >= 11 is 1.64. The highest BCUT2D eigenvalue weighted by atomic mass is 32.1. The Kier molecular flexibility index (Phi) is 4.20. The van der Waals surface area contributed by atoms with E-state index in [1.165, 1.54) is 0 Å². The van der Waals surface area contributed by atoms with Crippen LogP contribution in [0.4, 0.5) is 0 Å². The molecule has 1 unspecified atom stereocenters. The summed E-state index contributed by atoms with van der Waals surface area (Å²) < 4.78 is 1.83. The van der Waals surface area contributed by atoms with Crippen LogP contribution in [0.25, 0.3) is 6.08 Å². The summed E-state index contributed by atoms with van der Waals surface area (Å²) in [6.07, 6.45) is 7.70. The van der Waals surface area contributed by atoms with E-state index < -0.39 is 0 Å². The number of aryl methyl sites for hydroxylation is 1. The normalized spacial score (nSPS) is 19.3. The van der Waals surface area contributed by atoms with Gasteiger partial charge in [-0.05, 0) is 36.4 Å². The zero-order chi connectivity index (χ0) is 14.7. The fourth-order valence-corrected chi connectivity index (χ4v) is 3.33. The lowest BCUT2D eigenvalue weighted by molar-refractivity contribution is -0.127. The van der Waals surface area contributed by atoms with Gasteiger partial charge in [0.1, 0.15) is 0 Å². The van der Waals surface area contributed by atoms with Crippen LogP contribution in [-0.2, 0) is 11.8 Å². The van der Waals surface area contributed by atoms with E-state index >= 15 is 0 Å². The molecule has 1 saturated heterocycles. The summed E-state index contributed by atoms with van der Waals surface area (Å²) in [7, 11) is 1.93. The number of carbonyl (C=O) groups excluding carboxylic acids is 1. The summed E-state index contributed by atoms with van der Waals surface area (Å²) in [5.41, 5.74) is 1.09. The van der Waals surface area contributed by atoms with Crippen molar-refractivity contribution in [1.82, 2.24) is 14.7 Å². The second-order valence-electron chi connectivity index (χ2n) is 5.39. The first-order chi connectivity index (χ1) is 10.2. The van der Waals surface area contributed by atoms with Gasteiger partial charge in [-0.15, -0.1) is 11.3 Å². The molecule has 110 valence electrons. The van der Waals surface area contributed by atoms with Gasteiger partial charge in [0.05, 0.1) is 5.69 Å². The van der Waals surface area contributed by atoms with E-state index in [2.05, 4.69) is 11.2 Å². The topological polar surface area (TPSA) is 38.1 Å². The highest BCUT2D eigenvalue weighted by Gasteiger charge is 2.24. The molecule has 1 fully saturated rings. The lowest BCUT2D eigenvalue weighted by Gasteiger charge is -2.31. The van der Waals surface area contributed by atoms with Crippen molar-refractivity contribution < 1.29 is 4.79 Å². The van der Waals surface area contributed by atoms with E-state index in [-0.39, 0.29) is 5.91 Å². The molecule has 0 aliphatic carbocycles. The number of carbonyl (C=O) groups is 1. The Bertz CT molecular complexity index is 630. The number of nitrogens with zero attached hydrogens (tertiary/aromatic N) is 3. The van der Waals surface area contributed by atoms with Crippen LogP contribution in [0.15, 0.2) is 35.9 Å². The maximum absolute atomic E-state index is 12.3. The maximum atomic E-state index is 12.3.